The molecule has 0 radical (unpaired) electrons. The number of carbonyl (C=O) groups is 2. The zero-order valence-electron chi connectivity index (χ0n) is 36.9. The summed E-state index contributed by atoms with van der Waals surface area (Å²) in [5.74, 6) is -0.340. The number of hydrogen-bond acceptors (Lipinski definition) is 4. The SMILES string of the molecule is CCCCCCCC/C=C/CCCCCCCC(=O)OC(C[N+](C)(C)C)C(C[N+](C)(C)C)OC(=O)CCCCCCC/C=C/CCCCCCCCC. The first kappa shape index (κ1) is 51.3. The average Bonchev–Trinajstić information content (AvgIpc) is 3.08. The molecule has 0 aromatic carbocycles. The van der Waals surface area contributed by atoms with Crippen LogP contribution in [0.4, 0.5) is 0 Å². The molecule has 6 nitrogen and oxygen atoms in total. The van der Waals surface area contributed by atoms with E-state index in [4.69, 9.17) is 9.47 Å². The molecule has 53 heavy (non-hydrogen) atoms. The van der Waals surface area contributed by atoms with E-state index in [1.807, 2.05) is 0 Å². The van der Waals surface area contributed by atoms with Gasteiger partial charge in [0.25, 0.3) is 0 Å². The van der Waals surface area contributed by atoms with E-state index in [1.165, 1.54) is 122 Å². The minimum Gasteiger partial charge on any atom is -0.452 e. The van der Waals surface area contributed by atoms with Crippen molar-refractivity contribution in [1.82, 2.24) is 0 Å². The van der Waals surface area contributed by atoms with Gasteiger partial charge in [0.1, 0.15) is 13.1 Å². The minimum absolute atomic E-state index is 0.170. The average molecular weight is 749 g/mol. The van der Waals surface area contributed by atoms with Crippen molar-refractivity contribution in [2.24, 2.45) is 0 Å². The molecule has 0 amide bonds. The van der Waals surface area contributed by atoms with E-state index in [0.29, 0.717) is 34.9 Å². The lowest BCUT2D eigenvalue weighted by atomic mass is 10.1. The van der Waals surface area contributed by atoms with Crippen molar-refractivity contribution in [1.29, 1.82) is 0 Å². The molecule has 0 N–H and O–H groups in total. The first-order chi connectivity index (χ1) is 25.4. The van der Waals surface area contributed by atoms with Gasteiger partial charge in [-0.1, -0.05) is 147 Å². The number of rotatable bonds is 38. The van der Waals surface area contributed by atoms with Gasteiger partial charge in [0.05, 0.1) is 42.3 Å². The number of unbranched alkanes of at least 4 members (excludes halogenated alkanes) is 23. The molecule has 312 valence electrons. The zero-order chi connectivity index (χ0) is 39.5. The first-order valence-corrected chi connectivity index (χ1v) is 22.7. The number of quaternary nitrogens is 2. The molecule has 0 aliphatic heterocycles. The van der Waals surface area contributed by atoms with Gasteiger partial charge in [-0.15, -0.1) is 0 Å². The predicted molar refractivity (Wildman–Crippen MR) is 229 cm³/mol. The maximum Gasteiger partial charge on any atom is 0.306 e. The smallest absolute Gasteiger partial charge is 0.306 e. The number of nitrogens with zero attached hydrogens (tertiary/aromatic N) is 2. The number of likely N-dealkylation sites (N-methyl/N-ethyl adjacent to an activating group) is 2. The summed E-state index contributed by atoms with van der Waals surface area (Å²) in [4.78, 5) is 26.2. The minimum atomic E-state index is -0.467. The normalized spacial score (nSPS) is 13.6. The molecule has 0 aliphatic carbocycles. The van der Waals surface area contributed by atoms with Gasteiger partial charge in [-0.3, -0.25) is 9.59 Å². The summed E-state index contributed by atoms with van der Waals surface area (Å²) in [6.07, 6.45) is 42.8. The maximum atomic E-state index is 13.1. The Balaban J connectivity index is 4.46. The van der Waals surface area contributed by atoms with Crippen LogP contribution in [0.15, 0.2) is 24.3 Å². The Kier molecular flexibility index (Phi) is 33.7. The fourth-order valence-corrected chi connectivity index (χ4v) is 6.85. The molecule has 0 bridgehead atoms. The Labute approximate surface area is 331 Å². The van der Waals surface area contributed by atoms with Crippen LogP contribution in [0.3, 0.4) is 0 Å². The van der Waals surface area contributed by atoms with Crippen molar-refractivity contribution in [2.75, 3.05) is 55.4 Å². The van der Waals surface area contributed by atoms with E-state index in [-0.39, 0.29) is 11.9 Å². The van der Waals surface area contributed by atoms with Crippen LogP contribution in [0.5, 0.6) is 0 Å². The monoisotopic (exact) mass is 749 g/mol. The van der Waals surface area contributed by atoms with Crippen LogP contribution in [-0.4, -0.2) is 88.5 Å². The fraction of sp³-hybridized carbons (Fsp3) is 0.872. The van der Waals surface area contributed by atoms with Crippen molar-refractivity contribution < 1.29 is 28.0 Å². The van der Waals surface area contributed by atoms with E-state index < -0.39 is 12.2 Å². The van der Waals surface area contributed by atoms with Gasteiger partial charge in [-0.25, -0.2) is 0 Å². The number of hydrogen-bond donors (Lipinski definition) is 0. The molecule has 2 unspecified atom stereocenters. The molecule has 0 heterocycles. The molecular weight excluding hydrogens is 657 g/mol. The van der Waals surface area contributed by atoms with Gasteiger partial charge in [-0.05, 0) is 64.2 Å². The van der Waals surface area contributed by atoms with Crippen molar-refractivity contribution in [3.63, 3.8) is 0 Å². The molecule has 0 fully saturated rings. The second-order valence-corrected chi connectivity index (χ2v) is 18.0. The second kappa shape index (κ2) is 34.8. The highest BCUT2D eigenvalue weighted by Gasteiger charge is 2.37. The molecule has 6 heteroatoms. The highest BCUT2D eigenvalue weighted by atomic mass is 16.6. The van der Waals surface area contributed by atoms with Crippen LogP contribution in [0.25, 0.3) is 0 Å². The first-order valence-electron chi connectivity index (χ1n) is 22.7. The lowest BCUT2D eigenvalue weighted by Gasteiger charge is -2.36. The largest absolute Gasteiger partial charge is 0.452 e. The summed E-state index contributed by atoms with van der Waals surface area (Å²) in [5.41, 5.74) is 0. The van der Waals surface area contributed by atoms with E-state index >= 15 is 0 Å². The molecule has 0 rings (SSSR count). The maximum absolute atomic E-state index is 13.1. The Morgan fingerprint density at radius 1 is 0.396 bits per heavy atom. The van der Waals surface area contributed by atoms with Gasteiger partial charge in [0, 0.05) is 12.8 Å². The standard InChI is InChI=1S/C47H92N2O4/c1-9-11-13-15-17-19-21-23-25-27-29-31-33-35-37-39-41-47(51)53-45(43-49(6,7)8)44(42-48(3,4)5)52-46(50)40-38-36-34-32-30-28-26-24-22-20-18-16-14-12-10-2/h24-27,44-45H,9-23,28-43H2,1-8H3/q+2/b26-24+,27-25+. The summed E-state index contributed by atoms with van der Waals surface area (Å²) in [5, 5.41) is 0. The van der Waals surface area contributed by atoms with Crippen molar-refractivity contribution >= 4 is 11.9 Å². The van der Waals surface area contributed by atoms with Gasteiger partial charge < -0.3 is 18.4 Å². The molecule has 0 saturated carbocycles. The van der Waals surface area contributed by atoms with E-state index in [1.54, 1.807) is 0 Å². The highest BCUT2D eigenvalue weighted by Crippen LogP contribution is 2.18. The van der Waals surface area contributed by atoms with Crippen molar-refractivity contribution in [3.05, 3.63) is 24.3 Å². The Hall–Kier alpha value is -1.66. The number of ether oxygens (including phenoxy) is 2. The number of carbonyl (C=O) groups excluding carboxylic acids is 2. The molecule has 0 aromatic rings. The van der Waals surface area contributed by atoms with Crippen LogP contribution in [0.2, 0.25) is 0 Å². The summed E-state index contributed by atoms with van der Waals surface area (Å²) < 4.78 is 13.5. The molecule has 0 spiro atoms. The number of esters is 2. The topological polar surface area (TPSA) is 52.6 Å². The third-order valence-corrected chi connectivity index (χ3v) is 9.97. The van der Waals surface area contributed by atoms with Crippen LogP contribution >= 0.6 is 0 Å². The third kappa shape index (κ3) is 38.4. The van der Waals surface area contributed by atoms with E-state index in [9.17, 15) is 9.59 Å². The lowest BCUT2D eigenvalue weighted by Crippen LogP contribution is -2.54. The molecule has 2 atom stereocenters. The second-order valence-electron chi connectivity index (χ2n) is 18.0. The Morgan fingerprint density at radius 2 is 0.642 bits per heavy atom. The summed E-state index contributed by atoms with van der Waals surface area (Å²) in [6.45, 7) is 5.75. The van der Waals surface area contributed by atoms with Crippen LogP contribution in [0, 0.1) is 0 Å². The van der Waals surface area contributed by atoms with Gasteiger partial charge in [0.2, 0.25) is 0 Å². The third-order valence-electron chi connectivity index (χ3n) is 9.97. The van der Waals surface area contributed by atoms with Crippen LogP contribution in [-0.2, 0) is 19.1 Å². The molecular formula is C47H92N2O4+2. The quantitative estimate of drug-likeness (QED) is 0.0273. The molecule has 0 aromatic heterocycles. The van der Waals surface area contributed by atoms with Crippen LogP contribution < -0.4 is 0 Å². The van der Waals surface area contributed by atoms with Gasteiger partial charge in [-0.2, -0.15) is 0 Å². The Bertz CT molecular complexity index is 901. The van der Waals surface area contributed by atoms with E-state index in [2.05, 4.69) is 80.4 Å². The van der Waals surface area contributed by atoms with Crippen molar-refractivity contribution in [3.8, 4) is 0 Å². The fourth-order valence-electron chi connectivity index (χ4n) is 6.85. The zero-order valence-corrected chi connectivity index (χ0v) is 36.9. The predicted octanol–water partition coefficient (Wildman–Crippen LogP) is 12.7. The highest BCUT2D eigenvalue weighted by molar-refractivity contribution is 5.70. The number of allylic oxidation sites excluding steroid dienone is 4. The van der Waals surface area contributed by atoms with E-state index in [0.717, 1.165) is 51.4 Å². The Morgan fingerprint density at radius 3 is 0.906 bits per heavy atom. The summed E-state index contributed by atoms with van der Waals surface area (Å²) in [7, 11) is 12.6. The van der Waals surface area contributed by atoms with Gasteiger partial charge >= 0.3 is 11.9 Å². The molecule has 0 aliphatic rings. The summed E-state index contributed by atoms with van der Waals surface area (Å²) in [6, 6.07) is 0. The van der Waals surface area contributed by atoms with Crippen LogP contribution in [0.1, 0.15) is 200 Å². The summed E-state index contributed by atoms with van der Waals surface area (Å²) >= 11 is 0. The molecule has 0 saturated heterocycles. The lowest BCUT2D eigenvalue weighted by molar-refractivity contribution is -0.882. The van der Waals surface area contributed by atoms with Crippen molar-refractivity contribution in [2.45, 2.75) is 212 Å². The van der Waals surface area contributed by atoms with Gasteiger partial charge in [0.15, 0.2) is 12.2 Å².